The molecule has 2 aliphatic rings. The number of nitrogens with zero attached hydrogens (tertiary/aromatic N) is 6. The minimum absolute atomic E-state index is 0.713. The monoisotopic (exact) mass is 980 g/mol. The molecule has 4 aromatic heterocycles. The van der Waals surface area contributed by atoms with Gasteiger partial charge in [0.15, 0.2) is 0 Å². The third-order valence-electron chi connectivity index (χ3n) is 13.6. The number of rotatable bonds is 16. The summed E-state index contributed by atoms with van der Waals surface area (Å²) in [4.78, 5) is 33.5. The zero-order chi connectivity index (χ0) is 48.7. The lowest BCUT2D eigenvalue weighted by Gasteiger charge is -2.32. The predicted molar refractivity (Wildman–Crippen MR) is 281 cm³/mol. The predicted octanol–water partition coefficient (Wildman–Crippen LogP) is 10.5. The highest BCUT2D eigenvalue weighted by atomic mass is 32.1. The summed E-state index contributed by atoms with van der Waals surface area (Å²) < 4.78 is 15.4. The van der Waals surface area contributed by atoms with Gasteiger partial charge in [0.1, 0.15) is 23.1 Å². The van der Waals surface area contributed by atoms with Gasteiger partial charge in [0.25, 0.3) is 0 Å². The van der Waals surface area contributed by atoms with E-state index in [4.69, 9.17) is 39.2 Å². The van der Waals surface area contributed by atoms with Crippen LogP contribution in [-0.4, -0.2) is 105 Å². The van der Waals surface area contributed by atoms with E-state index in [0.29, 0.717) is 11.8 Å². The molecule has 2 saturated heterocycles. The van der Waals surface area contributed by atoms with Gasteiger partial charge in [0.2, 0.25) is 0 Å². The Morgan fingerprint density at radius 1 is 0.543 bits per heavy atom. The molecule has 0 amide bonds. The molecule has 4 aromatic carbocycles. The lowest BCUT2D eigenvalue weighted by atomic mass is 9.93. The SMILES string of the molecule is COc1ccc(CCN2CCC(Cc3nc4ccccc4n3Cc3ccsc3)CC2)cc1.COc1ccc(CCN2CCC(Cc3nc4ccccc4n3Cc3ccsc3)CC2)cc1.O=C(O)C(=O)O. The Morgan fingerprint density at radius 2 is 0.929 bits per heavy atom. The first-order chi connectivity index (χ1) is 34.2. The van der Waals surface area contributed by atoms with Crippen LogP contribution in [0.2, 0.25) is 0 Å². The first-order valence-corrected chi connectivity index (χ1v) is 26.2. The van der Waals surface area contributed by atoms with Gasteiger partial charge >= 0.3 is 11.9 Å². The van der Waals surface area contributed by atoms with Crippen LogP contribution < -0.4 is 9.47 Å². The fourth-order valence-electron chi connectivity index (χ4n) is 9.55. The third kappa shape index (κ3) is 13.9. The van der Waals surface area contributed by atoms with E-state index in [1.807, 2.05) is 0 Å². The van der Waals surface area contributed by atoms with Crippen LogP contribution in [0.5, 0.6) is 11.5 Å². The van der Waals surface area contributed by atoms with Crippen LogP contribution in [0.4, 0.5) is 0 Å². The molecule has 0 atom stereocenters. The van der Waals surface area contributed by atoms with E-state index >= 15 is 0 Å². The minimum atomic E-state index is -1.82. The van der Waals surface area contributed by atoms with Crippen molar-refractivity contribution in [2.75, 3.05) is 53.5 Å². The number of ether oxygens (including phenoxy) is 2. The second-order valence-corrected chi connectivity index (χ2v) is 19.8. The molecule has 2 aliphatic heterocycles. The highest BCUT2D eigenvalue weighted by Crippen LogP contribution is 2.28. The second-order valence-electron chi connectivity index (χ2n) is 18.3. The molecule has 0 unspecified atom stereocenters. The summed E-state index contributed by atoms with van der Waals surface area (Å²) in [6.45, 7) is 8.85. The smallest absolute Gasteiger partial charge is 0.414 e. The molecule has 0 spiro atoms. The van der Waals surface area contributed by atoms with E-state index in [9.17, 15) is 0 Å². The van der Waals surface area contributed by atoms with Gasteiger partial charge < -0.3 is 38.6 Å². The Labute approximate surface area is 418 Å². The molecule has 2 N–H and O–H groups in total. The lowest BCUT2D eigenvalue weighted by molar-refractivity contribution is -0.159. The van der Waals surface area contributed by atoms with Crippen molar-refractivity contribution < 1.29 is 29.3 Å². The molecule has 0 saturated carbocycles. The molecule has 12 nitrogen and oxygen atoms in total. The number of hydrogen-bond donors (Lipinski definition) is 2. The Kier molecular flexibility index (Phi) is 17.9. The van der Waals surface area contributed by atoms with Gasteiger partial charge in [-0.2, -0.15) is 22.7 Å². The number of methoxy groups -OCH3 is 2. The number of hydrogen-bond acceptors (Lipinski definition) is 10. The van der Waals surface area contributed by atoms with Crippen molar-refractivity contribution in [2.45, 2.75) is 64.5 Å². The summed E-state index contributed by atoms with van der Waals surface area (Å²) in [5, 5.41) is 23.6. The van der Waals surface area contributed by atoms with Gasteiger partial charge in [0, 0.05) is 25.9 Å². The van der Waals surface area contributed by atoms with Crippen molar-refractivity contribution in [2.24, 2.45) is 11.8 Å². The summed E-state index contributed by atoms with van der Waals surface area (Å²) in [7, 11) is 3.44. The highest BCUT2D eigenvalue weighted by molar-refractivity contribution is 7.08. The van der Waals surface area contributed by atoms with Crippen molar-refractivity contribution in [3.63, 3.8) is 0 Å². The third-order valence-corrected chi connectivity index (χ3v) is 15.1. The van der Waals surface area contributed by atoms with Crippen LogP contribution in [0.1, 0.15) is 59.6 Å². The van der Waals surface area contributed by atoms with E-state index in [0.717, 1.165) is 74.4 Å². The Bertz CT molecular complexity index is 2650. The van der Waals surface area contributed by atoms with E-state index in [1.54, 1.807) is 36.9 Å². The summed E-state index contributed by atoms with van der Waals surface area (Å²) in [5.74, 6) is 2.13. The molecule has 0 bridgehead atoms. The van der Waals surface area contributed by atoms with Crippen molar-refractivity contribution >= 4 is 56.7 Å². The maximum absolute atomic E-state index is 9.10. The van der Waals surface area contributed by atoms with Crippen LogP contribution in [0.15, 0.2) is 131 Å². The largest absolute Gasteiger partial charge is 0.497 e. The number of thiophene rings is 2. The van der Waals surface area contributed by atoms with Gasteiger partial charge in [-0.15, -0.1) is 0 Å². The topological polar surface area (TPSA) is 135 Å². The van der Waals surface area contributed by atoms with Crippen LogP contribution in [-0.2, 0) is 48.4 Å². The van der Waals surface area contributed by atoms with E-state index < -0.39 is 11.9 Å². The van der Waals surface area contributed by atoms with Crippen LogP contribution in [0.25, 0.3) is 22.1 Å². The van der Waals surface area contributed by atoms with Gasteiger partial charge in [-0.05, 0) is 181 Å². The number of aromatic nitrogens is 4. The molecule has 0 aliphatic carbocycles. The van der Waals surface area contributed by atoms with E-state index in [-0.39, 0.29) is 0 Å². The molecule has 8 aromatic rings. The zero-order valence-electron chi connectivity index (χ0n) is 40.2. The average molecular weight is 981 g/mol. The Balaban J connectivity index is 0.000000169. The molecular weight excluding hydrogens is 917 g/mol. The standard InChI is InChI=1S/2C27H31N3OS.C2H2O4/c2*1-31-24-8-6-21(7-9-24)10-14-29-15-11-22(12-16-29)18-27-28-25-4-2-3-5-26(25)30(27)19-23-13-17-32-20-23;3-1(4)2(5)6/h2*2-9,13,17,20,22H,10-12,14-16,18-19H2,1H3;(H,3,4)(H,5,6). The number of likely N-dealkylation sites (tertiary alicyclic amines) is 2. The van der Waals surface area contributed by atoms with Crippen LogP contribution in [0.3, 0.4) is 0 Å². The highest BCUT2D eigenvalue weighted by Gasteiger charge is 2.24. The summed E-state index contributed by atoms with van der Waals surface area (Å²) in [6.07, 6.45) is 9.37. The molecule has 70 heavy (non-hydrogen) atoms. The summed E-state index contributed by atoms with van der Waals surface area (Å²) in [6, 6.07) is 38.6. The number of aliphatic carboxylic acids is 2. The maximum atomic E-state index is 9.10. The number of carbonyl (C=O) groups is 2. The van der Waals surface area contributed by atoms with Gasteiger partial charge in [-0.25, -0.2) is 19.6 Å². The van der Waals surface area contributed by atoms with Gasteiger partial charge in [-0.3, -0.25) is 0 Å². The number of fused-ring (bicyclic) bond motifs is 2. The molecule has 14 heteroatoms. The first kappa shape index (κ1) is 50.1. The van der Waals surface area contributed by atoms with E-state index in [1.165, 1.54) is 96.8 Å². The molecule has 2 fully saturated rings. The van der Waals surface area contributed by atoms with E-state index in [2.05, 4.69) is 150 Å². The molecule has 10 rings (SSSR count). The van der Waals surface area contributed by atoms with Crippen molar-refractivity contribution in [3.05, 3.63) is 165 Å². The normalized spacial score (nSPS) is 14.7. The second kappa shape index (κ2) is 25.0. The number of para-hydroxylation sites is 4. The maximum Gasteiger partial charge on any atom is 0.414 e. The van der Waals surface area contributed by atoms with Crippen molar-refractivity contribution in [1.29, 1.82) is 0 Å². The summed E-state index contributed by atoms with van der Waals surface area (Å²) in [5.41, 5.74) is 10.3. The van der Waals surface area contributed by atoms with Crippen molar-refractivity contribution in [1.82, 2.24) is 28.9 Å². The first-order valence-electron chi connectivity index (χ1n) is 24.3. The minimum Gasteiger partial charge on any atom is -0.497 e. The Morgan fingerprint density at radius 3 is 1.27 bits per heavy atom. The average Bonchev–Trinajstić information content (AvgIpc) is 4.24. The summed E-state index contributed by atoms with van der Waals surface area (Å²) >= 11 is 3.54. The number of carboxylic acid groups (broad SMARTS) is 2. The Hall–Kier alpha value is -6.32. The quantitative estimate of drug-likeness (QED) is 0.0901. The van der Waals surface area contributed by atoms with Crippen LogP contribution in [0, 0.1) is 11.8 Å². The molecular formula is C56H64N6O6S2. The number of carboxylic acids is 2. The fraction of sp³-hybridized carbons (Fsp3) is 0.357. The lowest BCUT2D eigenvalue weighted by Crippen LogP contribution is -2.36. The number of piperidine rings is 2. The van der Waals surface area contributed by atoms with Gasteiger partial charge in [0.05, 0.1) is 49.4 Å². The molecule has 0 radical (unpaired) electrons. The number of imidazole rings is 2. The zero-order valence-corrected chi connectivity index (χ0v) is 41.8. The van der Waals surface area contributed by atoms with Gasteiger partial charge in [-0.1, -0.05) is 48.5 Å². The fourth-order valence-corrected chi connectivity index (χ4v) is 10.9. The van der Waals surface area contributed by atoms with Crippen LogP contribution >= 0.6 is 22.7 Å². The number of benzene rings is 4. The molecule has 6 heterocycles. The van der Waals surface area contributed by atoms with Crippen molar-refractivity contribution in [3.8, 4) is 11.5 Å². The molecule has 366 valence electrons.